The van der Waals surface area contributed by atoms with E-state index >= 15 is 0 Å². The molecule has 0 aliphatic carbocycles. The molecule has 0 saturated carbocycles. The molecule has 130 valence electrons. The minimum atomic E-state index is -3.21. The summed E-state index contributed by atoms with van der Waals surface area (Å²) in [7, 11) is -3.21. The van der Waals surface area contributed by atoms with Gasteiger partial charge in [-0.15, -0.1) is 0 Å². The number of anilines is 2. The molecule has 0 amide bonds. The Morgan fingerprint density at radius 3 is 2.58 bits per heavy atom. The summed E-state index contributed by atoms with van der Waals surface area (Å²) in [6.45, 7) is 4.40. The SMILES string of the molecule is Cc1ccc2c(c1)OC(C(C)CCN)S(O)(O)N2c1ccccc1. The van der Waals surface area contributed by atoms with E-state index in [1.165, 1.54) is 0 Å². The van der Waals surface area contributed by atoms with Crippen molar-refractivity contribution in [1.82, 2.24) is 0 Å². The fourth-order valence-electron chi connectivity index (χ4n) is 3.01. The second-order valence-electron chi connectivity index (χ2n) is 6.20. The lowest BCUT2D eigenvalue weighted by atomic mass is 10.1. The van der Waals surface area contributed by atoms with E-state index in [9.17, 15) is 9.11 Å². The number of rotatable bonds is 4. The molecule has 0 spiro atoms. The highest BCUT2D eigenvalue weighted by molar-refractivity contribution is 8.26. The second kappa shape index (κ2) is 6.64. The molecule has 6 heteroatoms. The topological polar surface area (TPSA) is 79.0 Å². The predicted octanol–water partition coefficient (Wildman–Crippen LogP) is 4.50. The highest BCUT2D eigenvalue weighted by atomic mass is 32.3. The van der Waals surface area contributed by atoms with Gasteiger partial charge in [0.2, 0.25) is 5.44 Å². The van der Waals surface area contributed by atoms with Gasteiger partial charge in [0.05, 0.1) is 5.69 Å². The standard InChI is InChI=1S/C18H24N2O3S/c1-13-8-9-16-17(12-13)23-18(14(2)10-11-19)24(21,22)20(16)15-6-4-3-5-7-15/h3-9,12,14,18,21-22H,10-11,19H2,1-2H3. The third-order valence-electron chi connectivity index (χ3n) is 4.23. The molecule has 24 heavy (non-hydrogen) atoms. The zero-order valence-corrected chi connectivity index (χ0v) is 14.7. The molecule has 1 aliphatic heterocycles. The Morgan fingerprint density at radius 1 is 1.21 bits per heavy atom. The second-order valence-corrected chi connectivity index (χ2v) is 8.16. The molecule has 2 atom stereocenters. The van der Waals surface area contributed by atoms with E-state index < -0.39 is 16.2 Å². The summed E-state index contributed by atoms with van der Waals surface area (Å²) in [5.74, 6) is 0.582. The maximum Gasteiger partial charge on any atom is 0.209 e. The van der Waals surface area contributed by atoms with Crippen LogP contribution in [0, 0.1) is 12.8 Å². The average Bonchev–Trinajstić information content (AvgIpc) is 2.55. The average molecular weight is 348 g/mol. The van der Waals surface area contributed by atoms with Crippen molar-refractivity contribution < 1.29 is 13.8 Å². The van der Waals surface area contributed by atoms with E-state index in [2.05, 4.69) is 0 Å². The molecule has 2 unspecified atom stereocenters. The zero-order valence-electron chi connectivity index (χ0n) is 13.9. The van der Waals surface area contributed by atoms with Crippen molar-refractivity contribution in [3.05, 3.63) is 54.1 Å². The first-order valence-corrected chi connectivity index (χ1v) is 9.61. The number of nitrogens with zero attached hydrogens (tertiary/aromatic N) is 1. The minimum absolute atomic E-state index is 0.0834. The Balaban J connectivity index is 2.14. The van der Waals surface area contributed by atoms with Gasteiger partial charge in [-0.1, -0.05) is 42.0 Å². The molecule has 4 N–H and O–H groups in total. The highest BCUT2D eigenvalue weighted by Crippen LogP contribution is 2.62. The first-order chi connectivity index (χ1) is 11.4. The van der Waals surface area contributed by atoms with Crippen molar-refractivity contribution in [2.75, 3.05) is 10.8 Å². The number of fused-ring (bicyclic) bond motifs is 1. The van der Waals surface area contributed by atoms with Gasteiger partial charge in [0.25, 0.3) is 0 Å². The van der Waals surface area contributed by atoms with Gasteiger partial charge in [-0.3, -0.25) is 9.11 Å². The molecule has 0 fully saturated rings. The summed E-state index contributed by atoms with van der Waals surface area (Å²) in [6, 6.07) is 15.1. The van der Waals surface area contributed by atoms with Crippen LogP contribution >= 0.6 is 10.8 Å². The molecule has 5 nitrogen and oxygen atoms in total. The molecule has 3 rings (SSSR count). The normalized spacial score (nSPS) is 21.5. The summed E-state index contributed by atoms with van der Waals surface area (Å²) >= 11 is 0. The van der Waals surface area contributed by atoms with Crippen LogP contribution in [-0.2, 0) is 0 Å². The molecular formula is C18H24N2O3S. The van der Waals surface area contributed by atoms with Gasteiger partial charge in [0.1, 0.15) is 11.4 Å². The van der Waals surface area contributed by atoms with Crippen molar-refractivity contribution in [2.24, 2.45) is 11.7 Å². The summed E-state index contributed by atoms with van der Waals surface area (Å²) in [4.78, 5) is 0. The van der Waals surface area contributed by atoms with Gasteiger partial charge in [-0.05, 0) is 49.7 Å². The summed E-state index contributed by atoms with van der Waals surface area (Å²) in [5.41, 5.74) is 7.40. The monoisotopic (exact) mass is 348 g/mol. The summed E-state index contributed by atoms with van der Waals surface area (Å²) in [5, 5.41) is 0. The van der Waals surface area contributed by atoms with Crippen LogP contribution in [0.2, 0.25) is 0 Å². The van der Waals surface area contributed by atoms with Crippen molar-refractivity contribution >= 4 is 22.2 Å². The van der Waals surface area contributed by atoms with Crippen LogP contribution in [0.4, 0.5) is 11.4 Å². The van der Waals surface area contributed by atoms with E-state index in [1.54, 1.807) is 4.31 Å². The lowest BCUT2D eigenvalue weighted by Crippen LogP contribution is -2.43. The number of hydrogen-bond acceptors (Lipinski definition) is 5. The maximum absolute atomic E-state index is 11.1. The van der Waals surface area contributed by atoms with Crippen LogP contribution in [0.25, 0.3) is 0 Å². The molecular weight excluding hydrogens is 324 g/mol. The molecule has 0 saturated heterocycles. The molecule has 2 aromatic rings. The third kappa shape index (κ3) is 2.98. The number of hydrogen-bond donors (Lipinski definition) is 3. The predicted molar refractivity (Wildman–Crippen MR) is 99.9 cm³/mol. The lowest BCUT2D eigenvalue weighted by molar-refractivity contribution is 0.189. The molecule has 0 aromatic heterocycles. The van der Waals surface area contributed by atoms with Crippen LogP contribution in [0.3, 0.4) is 0 Å². The van der Waals surface area contributed by atoms with Gasteiger partial charge < -0.3 is 10.5 Å². The van der Waals surface area contributed by atoms with Crippen LogP contribution < -0.4 is 14.8 Å². The minimum Gasteiger partial charge on any atom is -0.466 e. The van der Waals surface area contributed by atoms with Crippen molar-refractivity contribution in [1.29, 1.82) is 0 Å². The zero-order chi connectivity index (χ0) is 17.3. The fourth-order valence-corrected chi connectivity index (χ4v) is 5.08. The largest absolute Gasteiger partial charge is 0.466 e. The molecule has 1 heterocycles. The van der Waals surface area contributed by atoms with E-state index in [4.69, 9.17) is 10.5 Å². The molecule has 0 bridgehead atoms. The van der Waals surface area contributed by atoms with Crippen LogP contribution in [-0.4, -0.2) is 21.1 Å². The van der Waals surface area contributed by atoms with E-state index in [-0.39, 0.29) is 5.92 Å². The van der Waals surface area contributed by atoms with E-state index in [1.807, 2.05) is 62.4 Å². The Morgan fingerprint density at radius 2 is 1.92 bits per heavy atom. The third-order valence-corrected chi connectivity index (χ3v) is 6.36. The Hall–Kier alpha value is -1.73. The Labute approximate surface area is 144 Å². The van der Waals surface area contributed by atoms with E-state index in [0.29, 0.717) is 24.4 Å². The van der Waals surface area contributed by atoms with Gasteiger partial charge in [0.15, 0.2) is 0 Å². The number of aryl methyl sites for hydroxylation is 1. The van der Waals surface area contributed by atoms with Gasteiger partial charge >= 0.3 is 0 Å². The van der Waals surface area contributed by atoms with Crippen LogP contribution in [0.5, 0.6) is 5.75 Å². The van der Waals surface area contributed by atoms with Crippen molar-refractivity contribution in [3.63, 3.8) is 0 Å². The first-order valence-electron chi connectivity index (χ1n) is 8.05. The van der Waals surface area contributed by atoms with E-state index in [0.717, 1.165) is 11.3 Å². The van der Waals surface area contributed by atoms with Crippen molar-refractivity contribution in [2.45, 2.75) is 25.7 Å². The maximum atomic E-state index is 11.1. The van der Waals surface area contributed by atoms with Crippen LogP contribution in [0.1, 0.15) is 18.9 Å². The number of ether oxygens (including phenoxy) is 1. The fraction of sp³-hybridized carbons (Fsp3) is 0.333. The quantitative estimate of drug-likeness (QED) is 0.758. The van der Waals surface area contributed by atoms with Gasteiger partial charge in [-0.2, -0.15) is 0 Å². The number of benzene rings is 2. The lowest BCUT2D eigenvalue weighted by Gasteiger charge is -2.53. The van der Waals surface area contributed by atoms with Crippen LogP contribution in [0.15, 0.2) is 48.5 Å². The Bertz CT molecular complexity index is 709. The Kier molecular flexibility index (Phi) is 4.73. The van der Waals surface area contributed by atoms with Gasteiger partial charge in [-0.25, -0.2) is 4.31 Å². The molecule has 2 aromatic carbocycles. The molecule has 0 radical (unpaired) electrons. The van der Waals surface area contributed by atoms with Gasteiger partial charge in [0, 0.05) is 5.92 Å². The van der Waals surface area contributed by atoms with Crippen molar-refractivity contribution in [3.8, 4) is 5.75 Å². The number of para-hydroxylation sites is 1. The highest BCUT2D eigenvalue weighted by Gasteiger charge is 2.43. The summed E-state index contributed by atoms with van der Waals surface area (Å²) in [6.07, 6.45) is 0.657. The molecule has 1 aliphatic rings. The smallest absolute Gasteiger partial charge is 0.209 e. The number of nitrogens with two attached hydrogens (primary N) is 1. The first kappa shape index (κ1) is 17.1. The summed E-state index contributed by atoms with van der Waals surface area (Å²) < 4.78 is 29.8.